The molecule has 9 nitrogen and oxygen atoms in total. The highest BCUT2D eigenvalue weighted by Crippen LogP contribution is 2.35. The minimum absolute atomic E-state index is 0.0775. The molecule has 1 N–H and O–H groups in total. The van der Waals surface area contributed by atoms with Gasteiger partial charge in [0.2, 0.25) is 0 Å². The Morgan fingerprint density at radius 3 is 2.58 bits per heavy atom. The van der Waals surface area contributed by atoms with E-state index in [9.17, 15) is 9.59 Å². The Balaban J connectivity index is 1.24. The van der Waals surface area contributed by atoms with Crippen molar-refractivity contribution in [3.63, 3.8) is 0 Å². The summed E-state index contributed by atoms with van der Waals surface area (Å²) in [5.41, 5.74) is 2.57. The number of ether oxygens (including phenoxy) is 1. The highest BCUT2D eigenvalue weighted by atomic mass is 35.5. The van der Waals surface area contributed by atoms with Crippen molar-refractivity contribution in [1.29, 1.82) is 0 Å². The van der Waals surface area contributed by atoms with E-state index in [1.807, 2.05) is 69.9 Å². The Morgan fingerprint density at radius 1 is 1.05 bits per heavy atom. The van der Waals surface area contributed by atoms with Crippen molar-refractivity contribution in [2.75, 3.05) is 12.9 Å². The van der Waals surface area contributed by atoms with Gasteiger partial charge in [-0.05, 0) is 58.8 Å². The fraction of sp³-hybridized carbons (Fsp3) is 0.167. The SMILES string of the molecule is COc1ccc([C@@H]2CC(c3cccs3)=NN2C(=O)CSc2nnc(CNC(=O)c3cccs3)n2-c2cccc(Cl)c2)cc1. The van der Waals surface area contributed by atoms with Crippen LogP contribution in [0.5, 0.6) is 5.75 Å². The molecule has 1 aliphatic heterocycles. The van der Waals surface area contributed by atoms with Gasteiger partial charge in [0.05, 0.1) is 46.6 Å². The number of thiophene rings is 2. The van der Waals surface area contributed by atoms with Crippen molar-refractivity contribution < 1.29 is 14.3 Å². The number of amides is 2. The Kier molecular flexibility index (Phi) is 8.89. The summed E-state index contributed by atoms with van der Waals surface area (Å²) in [5, 5.41) is 22.9. The lowest BCUT2D eigenvalue weighted by atomic mass is 10.0. The maximum absolute atomic E-state index is 13.7. The summed E-state index contributed by atoms with van der Waals surface area (Å²) >= 11 is 10.5. The van der Waals surface area contributed by atoms with Crippen molar-refractivity contribution in [2.45, 2.75) is 24.2 Å². The van der Waals surface area contributed by atoms with Gasteiger partial charge in [0.25, 0.3) is 11.8 Å². The summed E-state index contributed by atoms with van der Waals surface area (Å²) in [7, 11) is 1.63. The fourth-order valence-electron chi connectivity index (χ4n) is 4.65. The molecule has 1 aliphatic rings. The van der Waals surface area contributed by atoms with Crippen LogP contribution >= 0.6 is 46.0 Å². The molecular weight excluding hydrogens is 624 g/mol. The summed E-state index contributed by atoms with van der Waals surface area (Å²) in [6, 6.07) is 22.3. The number of carbonyl (C=O) groups is 2. The Bertz CT molecular complexity index is 1750. The molecule has 2 amide bonds. The van der Waals surface area contributed by atoms with Crippen LogP contribution in [0.15, 0.2) is 93.8 Å². The molecule has 6 rings (SSSR count). The average molecular weight is 649 g/mol. The summed E-state index contributed by atoms with van der Waals surface area (Å²) in [6.07, 6.45) is 0.607. The molecule has 3 aromatic heterocycles. The number of aromatic nitrogens is 3. The predicted octanol–water partition coefficient (Wildman–Crippen LogP) is 6.45. The first kappa shape index (κ1) is 29.1. The summed E-state index contributed by atoms with van der Waals surface area (Å²) in [5.74, 6) is 0.979. The molecule has 13 heteroatoms. The van der Waals surface area contributed by atoms with Gasteiger partial charge < -0.3 is 10.1 Å². The van der Waals surface area contributed by atoms with Crippen molar-refractivity contribution in [3.8, 4) is 11.4 Å². The van der Waals surface area contributed by atoms with E-state index in [0.717, 1.165) is 27.6 Å². The third-order valence-corrected chi connectivity index (χ3v) is 9.65. The number of methoxy groups -OCH3 is 1. The van der Waals surface area contributed by atoms with E-state index < -0.39 is 0 Å². The van der Waals surface area contributed by atoms with Gasteiger partial charge in [0, 0.05) is 11.4 Å². The number of nitrogens with one attached hydrogen (secondary N) is 1. The second-order valence-corrected chi connectivity index (χ2v) is 12.7. The number of hydrogen-bond acceptors (Lipinski definition) is 9. The van der Waals surface area contributed by atoms with Crippen LogP contribution in [0.3, 0.4) is 0 Å². The molecule has 0 unspecified atom stereocenters. The van der Waals surface area contributed by atoms with Crippen LogP contribution in [-0.4, -0.2) is 50.2 Å². The number of halogens is 1. The van der Waals surface area contributed by atoms with Crippen molar-refractivity contribution in [1.82, 2.24) is 25.1 Å². The van der Waals surface area contributed by atoms with Crippen LogP contribution in [0.2, 0.25) is 5.02 Å². The first-order valence-corrected chi connectivity index (χ1v) is 16.3. The lowest BCUT2D eigenvalue weighted by Crippen LogP contribution is -2.28. The van der Waals surface area contributed by atoms with E-state index in [0.29, 0.717) is 27.3 Å². The van der Waals surface area contributed by atoms with Gasteiger partial charge in [-0.25, -0.2) is 5.01 Å². The maximum atomic E-state index is 13.7. The van der Waals surface area contributed by atoms with Crippen molar-refractivity contribution >= 4 is 63.6 Å². The smallest absolute Gasteiger partial charge is 0.261 e. The molecule has 0 aliphatic carbocycles. The second kappa shape index (κ2) is 13.1. The number of hydrazone groups is 1. The van der Waals surface area contributed by atoms with Gasteiger partial charge in [-0.2, -0.15) is 5.10 Å². The molecule has 0 saturated carbocycles. The van der Waals surface area contributed by atoms with E-state index in [-0.39, 0.29) is 30.2 Å². The number of nitrogens with zero attached hydrogens (tertiary/aromatic N) is 5. The van der Waals surface area contributed by atoms with E-state index >= 15 is 0 Å². The largest absolute Gasteiger partial charge is 0.497 e. The Hall–Kier alpha value is -3.97. The van der Waals surface area contributed by atoms with E-state index in [4.69, 9.17) is 21.4 Å². The lowest BCUT2D eigenvalue weighted by Gasteiger charge is -2.22. The summed E-state index contributed by atoms with van der Waals surface area (Å²) in [6.45, 7) is 0.144. The fourth-order valence-corrected chi connectivity index (χ4v) is 7.02. The monoisotopic (exact) mass is 648 g/mol. The molecule has 43 heavy (non-hydrogen) atoms. The Labute approximate surface area is 265 Å². The van der Waals surface area contributed by atoms with Gasteiger partial charge in [0.15, 0.2) is 11.0 Å². The summed E-state index contributed by atoms with van der Waals surface area (Å²) < 4.78 is 7.13. The van der Waals surface area contributed by atoms with Crippen LogP contribution in [0.1, 0.15) is 38.4 Å². The van der Waals surface area contributed by atoms with Gasteiger partial charge in [-0.3, -0.25) is 14.2 Å². The number of benzene rings is 2. The van der Waals surface area contributed by atoms with Crippen molar-refractivity contribution in [2.24, 2.45) is 5.10 Å². The molecule has 0 spiro atoms. The third-order valence-electron chi connectivity index (χ3n) is 6.72. The highest BCUT2D eigenvalue weighted by molar-refractivity contribution is 7.99. The molecule has 4 heterocycles. The third kappa shape index (κ3) is 6.52. The minimum Gasteiger partial charge on any atom is -0.497 e. The van der Waals surface area contributed by atoms with Gasteiger partial charge >= 0.3 is 0 Å². The number of hydrogen-bond donors (Lipinski definition) is 1. The molecular formula is C30H25ClN6O3S3. The second-order valence-electron chi connectivity index (χ2n) is 9.42. The van der Waals surface area contributed by atoms with Crippen LogP contribution in [-0.2, 0) is 11.3 Å². The van der Waals surface area contributed by atoms with Crippen molar-refractivity contribution in [3.05, 3.63) is 110 Å². The first-order valence-electron chi connectivity index (χ1n) is 13.2. The summed E-state index contributed by atoms with van der Waals surface area (Å²) in [4.78, 5) is 28.0. The average Bonchev–Trinajstić information content (AvgIpc) is 3.85. The molecule has 1 atom stereocenters. The number of carbonyl (C=O) groups excluding carboxylic acids is 2. The molecule has 0 radical (unpaired) electrons. The zero-order valence-electron chi connectivity index (χ0n) is 22.8. The number of thioether (sulfide) groups is 1. The number of rotatable bonds is 10. The van der Waals surface area contributed by atoms with Gasteiger partial charge in [-0.1, -0.05) is 53.7 Å². The topological polar surface area (TPSA) is 102 Å². The quantitative estimate of drug-likeness (QED) is 0.175. The van der Waals surface area contributed by atoms with Gasteiger partial charge in [0.1, 0.15) is 5.75 Å². The first-order chi connectivity index (χ1) is 21.0. The Morgan fingerprint density at radius 2 is 1.86 bits per heavy atom. The van der Waals surface area contributed by atoms with Crippen LogP contribution in [0, 0.1) is 0 Å². The van der Waals surface area contributed by atoms with Crippen LogP contribution in [0.25, 0.3) is 5.69 Å². The predicted molar refractivity (Wildman–Crippen MR) is 171 cm³/mol. The van der Waals surface area contributed by atoms with E-state index in [1.54, 1.807) is 41.7 Å². The van der Waals surface area contributed by atoms with Crippen LogP contribution in [0.4, 0.5) is 0 Å². The zero-order valence-corrected chi connectivity index (χ0v) is 26.1. The minimum atomic E-state index is -0.245. The maximum Gasteiger partial charge on any atom is 0.261 e. The molecule has 5 aromatic rings. The molecule has 2 aromatic carbocycles. The standard InChI is InChI=1S/C30H25ClN6O3S3/c1-40-22-11-9-19(10-12-22)24-16-23(25-7-3-13-41-25)35-37(24)28(38)18-43-30-34-33-27(17-32-29(39)26-8-4-14-42-26)36(30)21-6-2-5-20(31)15-21/h2-15,24H,16-18H2,1H3,(H,32,39)/t24-/m0/s1. The van der Waals surface area contributed by atoms with Gasteiger partial charge in [-0.15, -0.1) is 32.9 Å². The molecule has 218 valence electrons. The van der Waals surface area contributed by atoms with Crippen LogP contribution < -0.4 is 10.1 Å². The molecule has 0 bridgehead atoms. The van der Waals surface area contributed by atoms with E-state index in [2.05, 4.69) is 15.5 Å². The molecule has 0 saturated heterocycles. The normalized spacial score (nSPS) is 14.5. The van der Waals surface area contributed by atoms with E-state index in [1.165, 1.54) is 23.1 Å². The highest BCUT2D eigenvalue weighted by Gasteiger charge is 2.33. The zero-order chi connectivity index (χ0) is 29.8. The lowest BCUT2D eigenvalue weighted by molar-refractivity contribution is -0.130. The molecule has 0 fully saturated rings.